The summed E-state index contributed by atoms with van der Waals surface area (Å²) >= 11 is 11.8. The van der Waals surface area contributed by atoms with E-state index >= 15 is 0 Å². The number of halogens is 2. The Hall–Kier alpha value is -0.510. The molecule has 1 heterocycles. The molecule has 1 fully saturated rings. The zero-order chi connectivity index (χ0) is 11.5. The van der Waals surface area contributed by atoms with E-state index in [9.17, 15) is 0 Å². The summed E-state index contributed by atoms with van der Waals surface area (Å²) < 4.78 is 0. The van der Waals surface area contributed by atoms with Crippen LogP contribution in [0.15, 0.2) is 12.3 Å². The zero-order valence-corrected chi connectivity index (χ0v) is 10.4. The summed E-state index contributed by atoms with van der Waals surface area (Å²) in [7, 11) is 0. The van der Waals surface area contributed by atoms with Gasteiger partial charge < -0.3 is 11.1 Å². The summed E-state index contributed by atoms with van der Waals surface area (Å²) in [5.41, 5.74) is 6.05. The monoisotopic (exact) mass is 259 g/mol. The van der Waals surface area contributed by atoms with Crippen LogP contribution in [-0.4, -0.2) is 17.1 Å². The molecule has 3 N–H and O–H groups in total. The van der Waals surface area contributed by atoms with E-state index in [0.29, 0.717) is 15.9 Å². The molecule has 3 nitrogen and oxygen atoms in total. The lowest BCUT2D eigenvalue weighted by molar-refractivity contribution is 0.403. The lowest BCUT2D eigenvalue weighted by Gasteiger charge is -2.29. The summed E-state index contributed by atoms with van der Waals surface area (Å²) in [5.74, 6) is 0.674. The molecule has 16 heavy (non-hydrogen) atoms. The number of nitrogens with one attached hydrogen (secondary N) is 1. The SMILES string of the molecule is NC1CCCCC1Nc1ncc(Cl)cc1Cl. The van der Waals surface area contributed by atoms with Crippen molar-refractivity contribution >= 4 is 29.0 Å². The van der Waals surface area contributed by atoms with Crippen LogP contribution in [0.4, 0.5) is 5.82 Å². The van der Waals surface area contributed by atoms with Crippen molar-refractivity contribution in [3.63, 3.8) is 0 Å². The van der Waals surface area contributed by atoms with Gasteiger partial charge in [0, 0.05) is 18.3 Å². The Bertz CT molecular complexity index is 370. The molecular formula is C11H15Cl2N3. The maximum atomic E-state index is 6.05. The third-order valence-electron chi connectivity index (χ3n) is 2.95. The molecule has 2 atom stereocenters. The molecule has 1 aromatic rings. The van der Waals surface area contributed by atoms with Gasteiger partial charge in [-0.15, -0.1) is 0 Å². The van der Waals surface area contributed by atoms with Crippen molar-refractivity contribution in [2.24, 2.45) is 5.73 Å². The van der Waals surface area contributed by atoms with E-state index < -0.39 is 0 Å². The van der Waals surface area contributed by atoms with Crippen LogP contribution in [-0.2, 0) is 0 Å². The average Bonchev–Trinajstić information content (AvgIpc) is 2.25. The van der Waals surface area contributed by atoms with Gasteiger partial charge in [0.2, 0.25) is 0 Å². The molecule has 88 valence electrons. The van der Waals surface area contributed by atoms with E-state index in [1.54, 1.807) is 12.3 Å². The number of anilines is 1. The van der Waals surface area contributed by atoms with Crippen LogP contribution in [0.5, 0.6) is 0 Å². The van der Waals surface area contributed by atoms with Gasteiger partial charge in [-0.2, -0.15) is 0 Å². The fourth-order valence-electron chi connectivity index (χ4n) is 2.04. The van der Waals surface area contributed by atoms with Gasteiger partial charge in [0.05, 0.1) is 10.0 Å². The quantitative estimate of drug-likeness (QED) is 0.859. The predicted octanol–water partition coefficient (Wildman–Crippen LogP) is 3.07. The van der Waals surface area contributed by atoms with Gasteiger partial charge in [-0.25, -0.2) is 4.98 Å². The lowest BCUT2D eigenvalue weighted by atomic mass is 9.91. The molecule has 0 aliphatic heterocycles. The van der Waals surface area contributed by atoms with Crippen molar-refractivity contribution in [3.8, 4) is 0 Å². The van der Waals surface area contributed by atoms with Gasteiger partial charge in [0.1, 0.15) is 5.82 Å². The summed E-state index contributed by atoms with van der Waals surface area (Å²) in [5, 5.41) is 4.39. The fourth-order valence-corrected chi connectivity index (χ4v) is 2.47. The highest BCUT2D eigenvalue weighted by atomic mass is 35.5. The minimum Gasteiger partial charge on any atom is -0.365 e. The Kier molecular flexibility index (Phi) is 3.90. The van der Waals surface area contributed by atoms with E-state index in [1.165, 1.54) is 12.8 Å². The Balaban J connectivity index is 2.07. The van der Waals surface area contributed by atoms with Gasteiger partial charge >= 0.3 is 0 Å². The maximum Gasteiger partial charge on any atom is 0.145 e. The number of hydrogen-bond acceptors (Lipinski definition) is 3. The van der Waals surface area contributed by atoms with Gasteiger partial charge in [-0.05, 0) is 18.9 Å². The van der Waals surface area contributed by atoms with Crippen molar-refractivity contribution in [3.05, 3.63) is 22.3 Å². The van der Waals surface area contributed by atoms with Crippen molar-refractivity contribution < 1.29 is 0 Å². The first kappa shape index (κ1) is 12.0. The van der Waals surface area contributed by atoms with E-state index in [-0.39, 0.29) is 12.1 Å². The lowest BCUT2D eigenvalue weighted by Crippen LogP contribution is -2.42. The first-order valence-electron chi connectivity index (χ1n) is 5.50. The molecule has 0 aromatic carbocycles. The summed E-state index contributed by atoms with van der Waals surface area (Å²) in [6, 6.07) is 2.13. The van der Waals surface area contributed by atoms with E-state index in [0.717, 1.165) is 12.8 Å². The molecule has 1 saturated carbocycles. The molecule has 0 saturated heterocycles. The van der Waals surface area contributed by atoms with Crippen LogP contribution in [0.1, 0.15) is 25.7 Å². The van der Waals surface area contributed by atoms with Crippen LogP contribution in [0.2, 0.25) is 10.0 Å². The third-order valence-corrected chi connectivity index (χ3v) is 3.44. The molecule has 2 unspecified atom stereocenters. The molecule has 0 bridgehead atoms. The van der Waals surface area contributed by atoms with E-state index in [1.807, 2.05) is 0 Å². The highest BCUT2D eigenvalue weighted by Gasteiger charge is 2.22. The topological polar surface area (TPSA) is 50.9 Å². The molecule has 0 radical (unpaired) electrons. The summed E-state index contributed by atoms with van der Waals surface area (Å²) in [6.45, 7) is 0. The Morgan fingerprint density at radius 1 is 1.31 bits per heavy atom. The van der Waals surface area contributed by atoms with Gasteiger partial charge in [-0.1, -0.05) is 36.0 Å². The molecule has 5 heteroatoms. The number of aromatic nitrogens is 1. The van der Waals surface area contributed by atoms with Crippen molar-refractivity contribution in [1.82, 2.24) is 4.98 Å². The fraction of sp³-hybridized carbons (Fsp3) is 0.545. The normalized spacial score (nSPS) is 25.4. The highest BCUT2D eigenvalue weighted by Crippen LogP contribution is 2.26. The third kappa shape index (κ3) is 2.78. The molecule has 0 spiro atoms. The van der Waals surface area contributed by atoms with Crippen molar-refractivity contribution in [2.75, 3.05) is 5.32 Å². The predicted molar refractivity (Wildman–Crippen MR) is 68.1 cm³/mol. The zero-order valence-electron chi connectivity index (χ0n) is 8.92. The molecule has 1 aromatic heterocycles. The second kappa shape index (κ2) is 5.21. The van der Waals surface area contributed by atoms with Crippen molar-refractivity contribution in [2.45, 2.75) is 37.8 Å². The number of pyridine rings is 1. The van der Waals surface area contributed by atoms with Crippen LogP contribution in [0.25, 0.3) is 0 Å². The van der Waals surface area contributed by atoms with E-state index in [4.69, 9.17) is 28.9 Å². The second-order valence-corrected chi connectivity index (χ2v) is 5.03. The summed E-state index contributed by atoms with van der Waals surface area (Å²) in [4.78, 5) is 4.18. The van der Waals surface area contributed by atoms with E-state index in [2.05, 4.69) is 10.3 Å². The number of nitrogens with two attached hydrogens (primary N) is 1. The van der Waals surface area contributed by atoms with Crippen LogP contribution >= 0.6 is 23.2 Å². The standard InChI is InChI=1S/C11H15Cl2N3/c12-7-5-8(13)11(15-6-7)16-10-4-2-1-3-9(10)14/h5-6,9-10H,1-4,14H2,(H,15,16). The highest BCUT2D eigenvalue weighted by molar-refractivity contribution is 6.35. The molecule has 2 rings (SSSR count). The Morgan fingerprint density at radius 3 is 2.75 bits per heavy atom. The van der Waals surface area contributed by atoms with Gasteiger partial charge in [0.25, 0.3) is 0 Å². The summed E-state index contributed by atoms with van der Waals surface area (Å²) in [6.07, 6.45) is 6.13. The van der Waals surface area contributed by atoms with Crippen LogP contribution in [0, 0.1) is 0 Å². The first-order chi connectivity index (χ1) is 7.66. The first-order valence-corrected chi connectivity index (χ1v) is 6.25. The van der Waals surface area contributed by atoms with Crippen molar-refractivity contribution in [1.29, 1.82) is 0 Å². The molecule has 1 aliphatic carbocycles. The number of rotatable bonds is 2. The molecule has 0 amide bonds. The minimum absolute atomic E-state index is 0.183. The smallest absolute Gasteiger partial charge is 0.145 e. The molecule has 1 aliphatic rings. The maximum absolute atomic E-state index is 6.05. The van der Waals surface area contributed by atoms with Gasteiger partial charge in [0.15, 0.2) is 0 Å². The number of nitrogens with zero attached hydrogens (tertiary/aromatic N) is 1. The Labute approximate surface area is 105 Å². The second-order valence-electron chi connectivity index (χ2n) is 4.18. The van der Waals surface area contributed by atoms with Gasteiger partial charge in [-0.3, -0.25) is 0 Å². The van der Waals surface area contributed by atoms with Crippen LogP contribution in [0.3, 0.4) is 0 Å². The van der Waals surface area contributed by atoms with Crippen LogP contribution < -0.4 is 11.1 Å². The number of hydrogen-bond donors (Lipinski definition) is 2. The largest absolute Gasteiger partial charge is 0.365 e. The minimum atomic E-state index is 0.183. The molecular weight excluding hydrogens is 245 g/mol. The average molecular weight is 260 g/mol. The Morgan fingerprint density at radius 2 is 2.06 bits per heavy atom.